The lowest BCUT2D eigenvalue weighted by atomic mass is 9.88. The van der Waals surface area contributed by atoms with Crippen molar-refractivity contribution in [3.63, 3.8) is 0 Å². The number of aryl methyl sites for hydroxylation is 2. The molecule has 1 unspecified atom stereocenters. The lowest BCUT2D eigenvalue weighted by Gasteiger charge is -2.23. The summed E-state index contributed by atoms with van der Waals surface area (Å²) >= 11 is 1.66. The van der Waals surface area contributed by atoms with Gasteiger partial charge in [-0.1, -0.05) is 6.07 Å². The number of amides is 1. The highest BCUT2D eigenvalue weighted by atomic mass is 32.2. The van der Waals surface area contributed by atoms with Crippen LogP contribution in [-0.4, -0.2) is 54.4 Å². The number of methoxy groups -OCH3 is 1. The van der Waals surface area contributed by atoms with Crippen LogP contribution in [0.4, 0.5) is 0 Å². The minimum atomic E-state index is -0.953. The van der Waals surface area contributed by atoms with Gasteiger partial charge in [-0.05, 0) is 43.5 Å². The molecule has 1 heterocycles. The predicted octanol–water partition coefficient (Wildman–Crippen LogP) is 2.74. The fourth-order valence-electron chi connectivity index (χ4n) is 2.93. The summed E-state index contributed by atoms with van der Waals surface area (Å²) in [6.07, 6.45) is 0.868. The van der Waals surface area contributed by atoms with Gasteiger partial charge in [-0.15, -0.1) is 11.8 Å². The van der Waals surface area contributed by atoms with Gasteiger partial charge in [0.1, 0.15) is 5.41 Å². The summed E-state index contributed by atoms with van der Waals surface area (Å²) in [5, 5.41) is 9.45. The second-order valence-electron chi connectivity index (χ2n) is 6.43. The van der Waals surface area contributed by atoms with E-state index in [0.29, 0.717) is 25.1 Å². The molecule has 1 amide bonds. The maximum atomic E-state index is 12.4. The van der Waals surface area contributed by atoms with E-state index < -0.39 is 11.4 Å². The molecular formula is C18H25NO4S. The smallest absolute Gasteiger partial charge is 0.313 e. The molecule has 0 radical (unpaired) electrons. The molecule has 0 aromatic heterocycles. The number of likely N-dealkylation sites (tertiary alicyclic amines) is 1. The van der Waals surface area contributed by atoms with Gasteiger partial charge in [-0.25, -0.2) is 0 Å². The number of hydrogen-bond donors (Lipinski definition) is 1. The van der Waals surface area contributed by atoms with E-state index in [2.05, 4.69) is 32.0 Å². The van der Waals surface area contributed by atoms with Gasteiger partial charge in [0, 0.05) is 37.3 Å². The Morgan fingerprint density at radius 2 is 2.08 bits per heavy atom. The third-order valence-corrected chi connectivity index (χ3v) is 5.64. The lowest BCUT2D eigenvalue weighted by molar-refractivity contribution is -0.151. The van der Waals surface area contributed by atoms with E-state index in [1.165, 1.54) is 18.2 Å². The molecule has 1 aromatic carbocycles. The average Bonchev–Trinajstić information content (AvgIpc) is 2.97. The van der Waals surface area contributed by atoms with Gasteiger partial charge in [0.2, 0.25) is 5.91 Å². The summed E-state index contributed by atoms with van der Waals surface area (Å²) in [6, 6.07) is 6.29. The molecule has 0 bridgehead atoms. The number of thioether (sulfide) groups is 1. The number of ether oxygens (including phenoxy) is 1. The topological polar surface area (TPSA) is 66.8 Å². The Balaban J connectivity index is 1.85. The van der Waals surface area contributed by atoms with Crippen LogP contribution in [0, 0.1) is 19.3 Å². The molecule has 0 saturated carbocycles. The SMILES string of the molecule is COCC1(C(=O)O)CCN(C(=O)CCSc2ccc(C)c(C)c2)C1. The van der Waals surface area contributed by atoms with E-state index in [1.54, 1.807) is 16.7 Å². The van der Waals surface area contributed by atoms with Crippen molar-refractivity contribution in [2.75, 3.05) is 32.6 Å². The maximum Gasteiger partial charge on any atom is 0.313 e. The molecule has 1 aliphatic rings. The monoisotopic (exact) mass is 351 g/mol. The van der Waals surface area contributed by atoms with Gasteiger partial charge >= 0.3 is 5.97 Å². The van der Waals surface area contributed by atoms with Gasteiger partial charge in [-0.3, -0.25) is 9.59 Å². The summed E-state index contributed by atoms with van der Waals surface area (Å²) in [7, 11) is 1.50. The van der Waals surface area contributed by atoms with Crippen molar-refractivity contribution in [3.05, 3.63) is 29.3 Å². The van der Waals surface area contributed by atoms with Crippen molar-refractivity contribution in [1.29, 1.82) is 0 Å². The Bertz CT molecular complexity index is 619. The first-order chi connectivity index (χ1) is 11.4. The molecule has 0 aliphatic carbocycles. The number of hydrogen-bond acceptors (Lipinski definition) is 4. The minimum absolute atomic E-state index is 0.0190. The molecule has 2 rings (SSSR count). The quantitative estimate of drug-likeness (QED) is 0.765. The van der Waals surface area contributed by atoms with Crippen molar-refractivity contribution >= 4 is 23.6 Å². The van der Waals surface area contributed by atoms with Crippen LogP contribution >= 0.6 is 11.8 Å². The van der Waals surface area contributed by atoms with Gasteiger partial charge in [0.25, 0.3) is 0 Å². The molecule has 1 atom stereocenters. The number of rotatable bonds is 7. The van der Waals surface area contributed by atoms with Crippen molar-refractivity contribution in [3.8, 4) is 0 Å². The molecule has 1 saturated heterocycles. The first-order valence-electron chi connectivity index (χ1n) is 8.08. The fourth-order valence-corrected chi connectivity index (χ4v) is 3.87. The van der Waals surface area contributed by atoms with Crippen LogP contribution in [0.1, 0.15) is 24.0 Å². The van der Waals surface area contributed by atoms with Crippen LogP contribution in [-0.2, 0) is 14.3 Å². The summed E-state index contributed by atoms with van der Waals surface area (Å²) in [5.41, 5.74) is 1.55. The zero-order chi connectivity index (χ0) is 17.7. The van der Waals surface area contributed by atoms with Crippen LogP contribution in [0.15, 0.2) is 23.1 Å². The minimum Gasteiger partial charge on any atom is -0.481 e. The van der Waals surface area contributed by atoms with Gasteiger partial charge in [0.05, 0.1) is 6.61 Å². The predicted molar refractivity (Wildman–Crippen MR) is 94.4 cm³/mol. The van der Waals surface area contributed by atoms with Crippen molar-refractivity contribution in [1.82, 2.24) is 4.90 Å². The molecular weight excluding hydrogens is 326 g/mol. The summed E-state index contributed by atoms with van der Waals surface area (Å²) in [6.45, 7) is 5.03. The van der Waals surface area contributed by atoms with E-state index in [9.17, 15) is 14.7 Å². The highest BCUT2D eigenvalue weighted by molar-refractivity contribution is 7.99. The lowest BCUT2D eigenvalue weighted by Crippen LogP contribution is -2.40. The number of nitrogens with zero attached hydrogens (tertiary/aromatic N) is 1. The van der Waals surface area contributed by atoms with E-state index in [1.807, 2.05) is 0 Å². The first kappa shape index (κ1) is 18.8. The third kappa shape index (κ3) is 4.30. The standard InChI is InChI=1S/C18H25NO4S/c1-13-4-5-15(10-14(13)2)24-9-6-16(20)19-8-7-18(11-19,12-23-3)17(21)22/h4-5,10H,6-9,11-12H2,1-3H3,(H,21,22). The molecule has 5 nitrogen and oxygen atoms in total. The van der Waals surface area contributed by atoms with Crippen molar-refractivity contribution in [2.24, 2.45) is 5.41 Å². The number of carboxylic acid groups (broad SMARTS) is 1. The Morgan fingerprint density at radius 3 is 2.71 bits per heavy atom. The van der Waals surface area contributed by atoms with E-state index in [4.69, 9.17) is 4.74 Å². The average molecular weight is 351 g/mol. The molecule has 6 heteroatoms. The van der Waals surface area contributed by atoms with Crippen LogP contribution in [0.5, 0.6) is 0 Å². The Morgan fingerprint density at radius 1 is 1.33 bits per heavy atom. The molecule has 1 fully saturated rings. The highest BCUT2D eigenvalue weighted by Gasteiger charge is 2.46. The van der Waals surface area contributed by atoms with Crippen LogP contribution in [0.2, 0.25) is 0 Å². The van der Waals surface area contributed by atoms with E-state index in [-0.39, 0.29) is 19.1 Å². The molecule has 1 aromatic rings. The van der Waals surface area contributed by atoms with E-state index >= 15 is 0 Å². The number of benzene rings is 1. The second-order valence-corrected chi connectivity index (χ2v) is 7.60. The zero-order valence-corrected chi connectivity index (χ0v) is 15.3. The maximum absolute atomic E-state index is 12.4. The van der Waals surface area contributed by atoms with Gasteiger partial charge < -0.3 is 14.7 Å². The number of aliphatic carboxylic acids is 1. The van der Waals surface area contributed by atoms with Gasteiger partial charge in [-0.2, -0.15) is 0 Å². The Labute approximate surface area is 147 Å². The molecule has 132 valence electrons. The first-order valence-corrected chi connectivity index (χ1v) is 9.07. The fraction of sp³-hybridized carbons (Fsp3) is 0.556. The third-order valence-electron chi connectivity index (χ3n) is 4.64. The van der Waals surface area contributed by atoms with Crippen LogP contribution < -0.4 is 0 Å². The molecule has 24 heavy (non-hydrogen) atoms. The molecule has 0 spiro atoms. The van der Waals surface area contributed by atoms with Crippen LogP contribution in [0.25, 0.3) is 0 Å². The van der Waals surface area contributed by atoms with Crippen LogP contribution in [0.3, 0.4) is 0 Å². The zero-order valence-electron chi connectivity index (χ0n) is 14.5. The summed E-state index contributed by atoms with van der Waals surface area (Å²) in [4.78, 5) is 26.7. The highest BCUT2D eigenvalue weighted by Crippen LogP contribution is 2.32. The second kappa shape index (κ2) is 8.03. The molecule has 1 aliphatic heterocycles. The summed E-state index contributed by atoms with van der Waals surface area (Å²) < 4.78 is 5.06. The van der Waals surface area contributed by atoms with Crippen molar-refractivity contribution < 1.29 is 19.4 Å². The van der Waals surface area contributed by atoms with Gasteiger partial charge in [0.15, 0.2) is 0 Å². The Kier molecular flexibility index (Phi) is 6.29. The summed E-state index contributed by atoms with van der Waals surface area (Å²) in [5.74, 6) is -0.169. The largest absolute Gasteiger partial charge is 0.481 e. The number of carboxylic acids is 1. The van der Waals surface area contributed by atoms with E-state index in [0.717, 1.165) is 4.90 Å². The molecule has 1 N–H and O–H groups in total. The van der Waals surface area contributed by atoms with Crippen molar-refractivity contribution in [2.45, 2.75) is 31.6 Å². The normalized spacial score (nSPS) is 20.4. The Hall–Kier alpha value is -1.53. The number of carbonyl (C=O) groups excluding carboxylic acids is 1. The number of carbonyl (C=O) groups is 2.